The maximum absolute atomic E-state index is 12.8. The molecule has 8 heteroatoms. The Kier molecular flexibility index (Phi) is 7.43. The minimum atomic E-state index is -1.04. The number of carboxylic acid groups (broad SMARTS) is 1. The van der Waals surface area contributed by atoms with Gasteiger partial charge in [0, 0.05) is 10.0 Å². The molecule has 0 aliphatic carbocycles. The van der Waals surface area contributed by atoms with Crippen molar-refractivity contribution in [3.05, 3.63) is 116 Å². The van der Waals surface area contributed by atoms with Crippen LogP contribution in [-0.2, 0) is 11.3 Å². The van der Waals surface area contributed by atoms with Crippen LogP contribution in [0.15, 0.2) is 88.3 Å². The molecule has 0 aromatic heterocycles. The highest BCUT2D eigenvalue weighted by atomic mass is 79.9. The van der Waals surface area contributed by atoms with Crippen LogP contribution in [0.5, 0.6) is 0 Å². The smallest absolute Gasteiger partial charge is 0.335 e. The fourth-order valence-corrected chi connectivity index (χ4v) is 4.67. The molecule has 1 aliphatic heterocycles. The van der Waals surface area contributed by atoms with Crippen molar-refractivity contribution in [3.63, 3.8) is 0 Å². The summed E-state index contributed by atoms with van der Waals surface area (Å²) in [6.45, 7) is 0.0667. The number of carbonyl (C=O) groups is 4. The van der Waals surface area contributed by atoms with Crippen molar-refractivity contribution in [1.82, 2.24) is 4.90 Å². The number of carbonyl (C=O) groups excluding carboxylic acids is 3. The molecule has 2 amide bonds. The van der Waals surface area contributed by atoms with Gasteiger partial charge in [0.25, 0.3) is 11.1 Å². The van der Waals surface area contributed by atoms with Crippen molar-refractivity contribution in [2.24, 2.45) is 0 Å². The van der Waals surface area contributed by atoms with Gasteiger partial charge in [0.1, 0.15) is 0 Å². The molecular weight excluding hydrogens is 530 g/mol. The number of rotatable bonds is 7. The van der Waals surface area contributed by atoms with E-state index in [0.29, 0.717) is 16.0 Å². The van der Waals surface area contributed by atoms with Crippen LogP contribution in [0.2, 0.25) is 0 Å². The lowest BCUT2D eigenvalue weighted by Crippen LogP contribution is -2.27. The Balaban J connectivity index is 1.42. The summed E-state index contributed by atoms with van der Waals surface area (Å²) in [5.74, 6) is -1.55. The van der Waals surface area contributed by atoms with Gasteiger partial charge in [-0.3, -0.25) is 19.3 Å². The maximum Gasteiger partial charge on any atom is 0.335 e. The van der Waals surface area contributed by atoms with Gasteiger partial charge in [-0.1, -0.05) is 70.5 Å². The summed E-state index contributed by atoms with van der Waals surface area (Å²) in [5.41, 5.74) is 2.94. The van der Waals surface area contributed by atoms with Crippen LogP contribution in [0.1, 0.15) is 37.4 Å². The second-order valence-corrected chi connectivity index (χ2v) is 9.46. The van der Waals surface area contributed by atoms with Gasteiger partial charge in [0.15, 0.2) is 5.78 Å². The molecule has 1 fully saturated rings. The first kappa shape index (κ1) is 24.4. The van der Waals surface area contributed by atoms with E-state index in [1.54, 1.807) is 48.6 Å². The first-order valence-electron chi connectivity index (χ1n) is 10.5. The van der Waals surface area contributed by atoms with Gasteiger partial charge in [0.05, 0.1) is 17.0 Å². The van der Waals surface area contributed by atoms with Gasteiger partial charge in [0.2, 0.25) is 0 Å². The van der Waals surface area contributed by atoms with E-state index in [0.717, 1.165) is 32.3 Å². The van der Waals surface area contributed by atoms with Crippen molar-refractivity contribution in [2.75, 3.05) is 0 Å². The molecule has 0 spiro atoms. The molecule has 3 aromatic rings. The SMILES string of the molecule is O=C(O)c1ccc(CN2C(=O)S/C(=C\c3ccc(/C=C/C(=O)c4ccccc4Br)cc3)C2=O)cc1. The number of imide groups is 1. The fraction of sp³-hybridized carbons (Fsp3) is 0.0370. The number of aromatic carboxylic acids is 1. The minimum absolute atomic E-state index is 0.0667. The van der Waals surface area contributed by atoms with E-state index in [9.17, 15) is 19.2 Å². The first-order chi connectivity index (χ1) is 16.8. The number of hydrogen-bond acceptors (Lipinski definition) is 5. The van der Waals surface area contributed by atoms with Crippen LogP contribution in [0.4, 0.5) is 4.79 Å². The zero-order chi connectivity index (χ0) is 24.9. The van der Waals surface area contributed by atoms with Gasteiger partial charge in [-0.05, 0) is 64.9 Å². The fourth-order valence-electron chi connectivity index (χ4n) is 3.35. The molecule has 4 rings (SSSR count). The number of amides is 2. The molecule has 1 heterocycles. The largest absolute Gasteiger partial charge is 0.478 e. The first-order valence-corrected chi connectivity index (χ1v) is 12.1. The van der Waals surface area contributed by atoms with Crippen molar-refractivity contribution in [2.45, 2.75) is 6.54 Å². The molecule has 1 aliphatic rings. The summed E-state index contributed by atoms with van der Waals surface area (Å²) in [7, 11) is 0. The number of halogens is 1. The Labute approximate surface area is 214 Å². The molecular formula is C27H18BrNO5S. The lowest BCUT2D eigenvalue weighted by atomic mass is 10.1. The third-order valence-corrected chi connectivity index (χ3v) is 6.81. The zero-order valence-corrected chi connectivity index (χ0v) is 20.6. The Hall–Kier alpha value is -3.75. The number of nitrogens with zero attached hydrogens (tertiary/aromatic N) is 1. The lowest BCUT2D eigenvalue weighted by molar-refractivity contribution is -0.123. The molecule has 0 atom stereocenters. The van der Waals surface area contributed by atoms with Crippen molar-refractivity contribution < 1.29 is 24.3 Å². The lowest BCUT2D eigenvalue weighted by Gasteiger charge is -2.12. The van der Waals surface area contributed by atoms with Crippen LogP contribution < -0.4 is 0 Å². The van der Waals surface area contributed by atoms with Gasteiger partial charge in [-0.15, -0.1) is 0 Å². The quantitative estimate of drug-likeness (QED) is 0.276. The number of benzene rings is 3. The average molecular weight is 548 g/mol. The van der Waals surface area contributed by atoms with Crippen molar-refractivity contribution in [1.29, 1.82) is 0 Å². The standard InChI is InChI=1S/C27H18BrNO5S/c28-22-4-2-1-3-21(22)23(30)14-11-17-5-7-18(8-6-17)15-24-25(31)29(27(34)35-24)16-19-9-12-20(13-10-19)26(32)33/h1-15H,16H2,(H,32,33)/b14-11+,24-15-. The predicted octanol–water partition coefficient (Wildman–Crippen LogP) is 6.28. The number of thioether (sulfide) groups is 1. The second-order valence-electron chi connectivity index (χ2n) is 7.61. The van der Waals surface area contributed by atoms with E-state index in [1.165, 1.54) is 18.2 Å². The number of hydrogen-bond donors (Lipinski definition) is 1. The summed E-state index contributed by atoms with van der Waals surface area (Å²) in [6.07, 6.45) is 4.87. The van der Waals surface area contributed by atoms with Crippen LogP contribution in [0.25, 0.3) is 12.2 Å². The topological polar surface area (TPSA) is 91.8 Å². The predicted molar refractivity (Wildman–Crippen MR) is 139 cm³/mol. The van der Waals surface area contributed by atoms with Gasteiger partial charge in [-0.25, -0.2) is 4.79 Å². The summed E-state index contributed by atoms with van der Waals surface area (Å²) < 4.78 is 0.733. The Morgan fingerprint density at radius 2 is 1.57 bits per heavy atom. The molecule has 0 unspecified atom stereocenters. The van der Waals surface area contributed by atoms with Crippen molar-refractivity contribution in [3.8, 4) is 0 Å². The van der Waals surface area contributed by atoms with E-state index < -0.39 is 11.9 Å². The molecule has 0 saturated carbocycles. The minimum Gasteiger partial charge on any atom is -0.478 e. The van der Waals surface area contributed by atoms with Crippen LogP contribution in [-0.4, -0.2) is 32.9 Å². The van der Waals surface area contributed by atoms with E-state index in [4.69, 9.17) is 5.11 Å². The Morgan fingerprint density at radius 1 is 0.914 bits per heavy atom. The summed E-state index contributed by atoms with van der Waals surface area (Å²) in [4.78, 5) is 50.0. The number of allylic oxidation sites excluding steroid dienone is 1. The third-order valence-electron chi connectivity index (χ3n) is 5.22. The zero-order valence-electron chi connectivity index (χ0n) is 18.2. The number of ketones is 1. The molecule has 0 radical (unpaired) electrons. The highest BCUT2D eigenvalue weighted by Crippen LogP contribution is 2.33. The van der Waals surface area contributed by atoms with Crippen LogP contribution in [0, 0.1) is 0 Å². The van der Waals surface area contributed by atoms with E-state index in [2.05, 4.69) is 15.9 Å². The highest BCUT2D eigenvalue weighted by molar-refractivity contribution is 9.10. The summed E-state index contributed by atoms with van der Waals surface area (Å²) >= 11 is 4.24. The molecule has 1 N–H and O–H groups in total. The highest BCUT2D eigenvalue weighted by Gasteiger charge is 2.34. The molecule has 6 nitrogen and oxygen atoms in total. The van der Waals surface area contributed by atoms with Crippen LogP contribution in [0.3, 0.4) is 0 Å². The Morgan fingerprint density at radius 3 is 2.23 bits per heavy atom. The van der Waals surface area contributed by atoms with E-state index in [-0.39, 0.29) is 23.1 Å². The molecule has 3 aromatic carbocycles. The van der Waals surface area contributed by atoms with Gasteiger partial charge in [-0.2, -0.15) is 0 Å². The molecule has 0 bridgehead atoms. The second kappa shape index (κ2) is 10.7. The maximum atomic E-state index is 12.8. The Bertz CT molecular complexity index is 1380. The monoisotopic (exact) mass is 547 g/mol. The molecule has 174 valence electrons. The van der Waals surface area contributed by atoms with Crippen molar-refractivity contribution >= 4 is 62.7 Å². The molecule has 35 heavy (non-hydrogen) atoms. The normalized spacial score (nSPS) is 14.8. The summed E-state index contributed by atoms with van der Waals surface area (Å²) in [5, 5.41) is 8.62. The average Bonchev–Trinajstić information content (AvgIpc) is 3.11. The van der Waals surface area contributed by atoms with E-state index >= 15 is 0 Å². The summed E-state index contributed by atoms with van der Waals surface area (Å²) in [6, 6.07) is 20.5. The van der Waals surface area contributed by atoms with Gasteiger partial charge >= 0.3 is 5.97 Å². The molecule has 1 saturated heterocycles. The number of carboxylic acids is 1. The third kappa shape index (κ3) is 5.85. The van der Waals surface area contributed by atoms with Gasteiger partial charge < -0.3 is 5.11 Å². The van der Waals surface area contributed by atoms with Crippen LogP contribution >= 0.6 is 27.7 Å². The van der Waals surface area contributed by atoms with E-state index in [1.807, 2.05) is 24.3 Å².